The maximum atomic E-state index is 12.6. The number of hydrogen-bond acceptors (Lipinski definition) is 3. The number of hydrogen-bond donors (Lipinski definition) is 1. The molecule has 0 heterocycles. The number of benzene rings is 2. The summed E-state index contributed by atoms with van der Waals surface area (Å²) < 4.78 is 0. The lowest BCUT2D eigenvalue weighted by Crippen LogP contribution is -2.32. The molecular weight excluding hydrogens is 288 g/mol. The summed E-state index contributed by atoms with van der Waals surface area (Å²) >= 11 is 0. The van der Waals surface area contributed by atoms with Crippen molar-refractivity contribution in [3.05, 3.63) is 70.8 Å². The van der Waals surface area contributed by atoms with Crippen LogP contribution in [-0.2, 0) is 0 Å². The van der Waals surface area contributed by atoms with Crippen LogP contribution in [0.4, 0.5) is 0 Å². The minimum atomic E-state index is -1.44. The van der Waals surface area contributed by atoms with Gasteiger partial charge in [0, 0.05) is 16.7 Å². The highest BCUT2D eigenvalue weighted by atomic mass is 16.3. The number of aliphatic hydroxyl groups is 1. The smallest absolute Gasteiger partial charge is 0.194 e. The number of rotatable bonds is 5. The zero-order valence-corrected chi connectivity index (χ0v) is 14.0. The van der Waals surface area contributed by atoms with Gasteiger partial charge in [0.05, 0.1) is 0 Å². The van der Waals surface area contributed by atoms with Crippen molar-refractivity contribution in [2.75, 3.05) is 0 Å². The second-order valence-electron chi connectivity index (χ2n) is 6.54. The molecule has 0 unspecified atom stereocenters. The summed E-state index contributed by atoms with van der Waals surface area (Å²) in [5.74, 6) is -0.338. The molecule has 0 aliphatic rings. The van der Waals surface area contributed by atoms with Crippen molar-refractivity contribution in [1.29, 1.82) is 0 Å². The van der Waals surface area contributed by atoms with Gasteiger partial charge in [-0.3, -0.25) is 9.59 Å². The Kier molecular flexibility index (Phi) is 4.81. The van der Waals surface area contributed by atoms with E-state index in [-0.39, 0.29) is 17.5 Å². The van der Waals surface area contributed by atoms with E-state index in [1.807, 2.05) is 32.0 Å². The van der Waals surface area contributed by atoms with Gasteiger partial charge in [-0.1, -0.05) is 56.3 Å². The molecule has 0 radical (unpaired) electrons. The molecule has 0 aliphatic heterocycles. The maximum absolute atomic E-state index is 12.6. The highest BCUT2D eigenvalue weighted by molar-refractivity contribution is 6.10. The van der Waals surface area contributed by atoms with E-state index >= 15 is 0 Å². The van der Waals surface area contributed by atoms with Gasteiger partial charge >= 0.3 is 0 Å². The Morgan fingerprint density at radius 1 is 0.957 bits per heavy atom. The molecule has 0 aliphatic carbocycles. The number of Topliss-reactive ketones (excluding diaryl/α,β-unsaturated/α-hetero) is 1. The van der Waals surface area contributed by atoms with Gasteiger partial charge in [0.15, 0.2) is 11.6 Å². The fourth-order valence-corrected chi connectivity index (χ4v) is 2.47. The summed E-state index contributed by atoms with van der Waals surface area (Å²) in [5, 5.41) is 9.99. The Labute approximate surface area is 137 Å². The van der Waals surface area contributed by atoms with Gasteiger partial charge in [-0.25, -0.2) is 0 Å². The molecule has 0 fully saturated rings. The fourth-order valence-electron chi connectivity index (χ4n) is 2.47. The molecule has 3 heteroatoms. The number of carbonyl (C=O) groups excluding carboxylic acids is 2. The van der Waals surface area contributed by atoms with Crippen LogP contribution in [0.15, 0.2) is 48.5 Å². The van der Waals surface area contributed by atoms with Crippen molar-refractivity contribution in [2.24, 2.45) is 0 Å². The van der Waals surface area contributed by atoms with Gasteiger partial charge in [-0.05, 0) is 31.4 Å². The van der Waals surface area contributed by atoms with E-state index in [2.05, 4.69) is 0 Å². The molecule has 1 N–H and O–H groups in total. The van der Waals surface area contributed by atoms with Crippen LogP contribution >= 0.6 is 0 Å². The molecule has 2 rings (SSSR count). The third kappa shape index (κ3) is 3.74. The quantitative estimate of drug-likeness (QED) is 0.849. The standard InChI is InChI=1S/C20H22O3/c1-13(2)17-12-15(18(21)14-8-6-5-7-9-14)10-11-16(17)19(22)20(3,4)23/h5-13,23H,1-4H3. The maximum Gasteiger partial charge on any atom is 0.194 e. The Morgan fingerprint density at radius 2 is 1.57 bits per heavy atom. The summed E-state index contributed by atoms with van der Waals surface area (Å²) in [4.78, 5) is 25.0. The molecule has 0 saturated heterocycles. The van der Waals surface area contributed by atoms with Crippen LogP contribution in [0.5, 0.6) is 0 Å². The molecule has 3 nitrogen and oxygen atoms in total. The SMILES string of the molecule is CC(C)c1cc(C(=O)c2ccccc2)ccc1C(=O)C(C)(C)O. The first-order valence-corrected chi connectivity index (χ1v) is 7.72. The van der Waals surface area contributed by atoms with Crippen molar-refractivity contribution in [3.63, 3.8) is 0 Å². The van der Waals surface area contributed by atoms with Crippen LogP contribution in [0.2, 0.25) is 0 Å². The first kappa shape index (κ1) is 17.1. The fraction of sp³-hybridized carbons (Fsp3) is 0.300. The number of carbonyl (C=O) groups is 2. The van der Waals surface area contributed by atoms with Crippen LogP contribution < -0.4 is 0 Å². The summed E-state index contributed by atoms with van der Waals surface area (Å²) in [6.45, 7) is 6.88. The third-order valence-corrected chi connectivity index (χ3v) is 3.77. The van der Waals surface area contributed by atoms with Crippen LogP contribution in [0.1, 0.15) is 65.5 Å². The average molecular weight is 310 g/mol. The minimum absolute atomic E-state index is 0.0693. The van der Waals surface area contributed by atoms with Crippen LogP contribution in [0, 0.1) is 0 Å². The van der Waals surface area contributed by atoms with E-state index in [1.54, 1.807) is 30.3 Å². The van der Waals surface area contributed by atoms with Gasteiger partial charge in [-0.15, -0.1) is 0 Å². The lowest BCUT2D eigenvalue weighted by atomic mass is 9.86. The van der Waals surface area contributed by atoms with Crippen LogP contribution in [0.25, 0.3) is 0 Å². The monoisotopic (exact) mass is 310 g/mol. The largest absolute Gasteiger partial charge is 0.382 e. The van der Waals surface area contributed by atoms with E-state index in [9.17, 15) is 14.7 Å². The third-order valence-electron chi connectivity index (χ3n) is 3.77. The van der Waals surface area contributed by atoms with E-state index in [0.29, 0.717) is 16.7 Å². The molecule has 0 aromatic heterocycles. The molecule has 2 aromatic rings. The first-order valence-electron chi connectivity index (χ1n) is 7.72. The molecule has 0 bridgehead atoms. The molecule has 0 atom stereocenters. The Balaban J connectivity index is 2.49. The molecule has 0 amide bonds. The zero-order valence-electron chi connectivity index (χ0n) is 14.0. The van der Waals surface area contributed by atoms with Gasteiger partial charge < -0.3 is 5.11 Å². The average Bonchev–Trinajstić information content (AvgIpc) is 2.52. The van der Waals surface area contributed by atoms with E-state index in [0.717, 1.165) is 5.56 Å². The lowest BCUT2D eigenvalue weighted by Gasteiger charge is -2.20. The van der Waals surface area contributed by atoms with Crippen molar-refractivity contribution in [2.45, 2.75) is 39.2 Å². The van der Waals surface area contributed by atoms with Crippen molar-refractivity contribution >= 4 is 11.6 Å². The van der Waals surface area contributed by atoms with Crippen molar-refractivity contribution in [3.8, 4) is 0 Å². The second kappa shape index (κ2) is 6.47. The zero-order chi connectivity index (χ0) is 17.2. The normalized spacial score (nSPS) is 11.6. The lowest BCUT2D eigenvalue weighted by molar-refractivity contribution is 0.0486. The van der Waals surface area contributed by atoms with Gasteiger partial charge in [-0.2, -0.15) is 0 Å². The van der Waals surface area contributed by atoms with E-state index in [1.165, 1.54) is 13.8 Å². The first-order chi connectivity index (χ1) is 10.7. The van der Waals surface area contributed by atoms with E-state index in [4.69, 9.17) is 0 Å². The second-order valence-corrected chi connectivity index (χ2v) is 6.54. The van der Waals surface area contributed by atoms with Crippen LogP contribution in [-0.4, -0.2) is 22.3 Å². The predicted molar refractivity (Wildman–Crippen MR) is 91.0 cm³/mol. The van der Waals surface area contributed by atoms with Gasteiger partial charge in [0.1, 0.15) is 5.60 Å². The van der Waals surface area contributed by atoms with Crippen molar-refractivity contribution in [1.82, 2.24) is 0 Å². The minimum Gasteiger partial charge on any atom is -0.382 e. The van der Waals surface area contributed by atoms with E-state index < -0.39 is 5.60 Å². The molecule has 0 saturated carbocycles. The topological polar surface area (TPSA) is 54.4 Å². The molecule has 2 aromatic carbocycles. The number of ketones is 2. The Morgan fingerprint density at radius 3 is 2.09 bits per heavy atom. The van der Waals surface area contributed by atoms with Gasteiger partial charge in [0.2, 0.25) is 0 Å². The summed E-state index contributed by atoms with van der Waals surface area (Å²) in [5.41, 5.74) is 0.973. The summed E-state index contributed by atoms with van der Waals surface area (Å²) in [6, 6.07) is 14.1. The Bertz CT molecular complexity index is 722. The highest BCUT2D eigenvalue weighted by Crippen LogP contribution is 2.26. The summed E-state index contributed by atoms with van der Waals surface area (Å²) in [7, 11) is 0. The molecular formula is C20H22O3. The van der Waals surface area contributed by atoms with Crippen molar-refractivity contribution < 1.29 is 14.7 Å². The Hall–Kier alpha value is -2.26. The molecule has 0 spiro atoms. The van der Waals surface area contributed by atoms with Gasteiger partial charge in [0.25, 0.3) is 0 Å². The highest BCUT2D eigenvalue weighted by Gasteiger charge is 2.28. The predicted octanol–water partition coefficient (Wildman–Crippen LogP) is 3.99. The molecule has 120 valence electrons. The summed E-state index contributed by atoms with van der Waals surface area (Å²) in [6.07, 6.45) is 0. The van der Waals surface area contributed by atoms with Crippen LogP contribution in [0.3, 0.4) is 0 Å². The molecule has 23 heavy (non-hydrogen) atoms.